The lowest BCUT2D eigenvalue weighted by Crippen LogP contribution is -2.09. The van der Waals surface area contributed by atoms with Crippen molar-refractivity contribution in [2.45, 2.75) is 26.3 Å². The molecule has 2 aromatic heterocycles. The monoisotopic (exact) mass is 238 g/mol. The van der Waals surface area contributed by atoms with E-state index in [1.807, 2.05) is 6.20 Å². The van der Waals surface area contributed by atoms with Gasteiger partial charge in [-0.15, -0.1) is 0 Å². The van der Waals surface area contributed by atoms with Crippen LogP contribution in [0.3, 0.4) is 0 Å². The molecule has 1 unspecified atom stereocenters. The number of nitrogens with one attached hydrogen (secondary N) is 1. The van der Waals surface area contributed by atoms with Crippen LogP contribution < -0.4 is 0 Å². The molecule has 1 N–H and O–H groups in total. The molecule has 80 valence electrons. The van der Waals surface area contributed by atoms with Gasteiger partial charge < -0.3 is 9.55 Å². The fourth-order valence-corrected chi connectivity index (χ4v) is 2.92. The Morgan fingerprint density at radius 3 is 2.93 bits per heavy atom. The Balaban J connectivity index is 2.22. The zero-order chi connectivity index (χ0) is 10.8. The number of hydrogen-bond acceptors (Lipinski definition) is 2. The van der Waals surface area contributed by atoms with Gasteiger partial charge in [-0.25, -0.2) is 0 Å². The highest BCUT2D eigenvalue weighted by Crippen LogP contribution is 2.18. The summed E-state index contributed by atoms with van der Waals surface area (Å²) < 4.78 is 2.99. The van der Waals surface area contributed by atoms with Gasteiger partial charge in [-0.2, -0.15) is 11.3 Å². The van der Waals surface area contributed by atoms with Crippen LogP contribution in [0.1, 0.15) is 24.2 Å². The molecule has 0 aromatic carbocycles. The highest BCUT2D eigenvalue weighted by molar-refractivity contribution is 7.71. The molecule has 2 aromatic rings. The third-order valence-electron chi connectivity index (χ3n) is 2.56. The summed E-state index contributed by atoms with van der Waals surface area (Å²) in [5.74, 6) is 0. The third-order valence-corrected chi connectivity index (χ3v) is 3.60. The van der Waals surface area contributed by atoms with E-state index in [1.54, 1.807) is 11.3 Å². The second kappa shape index (κ2) is 4.33. The van der Waals surface area contributed by atoms with E-state index in [4.69, 9.17) is 12.2 Å². The second-order valence-corrected chi connectivity index (χ2v) is 4.96. The average molecular weight is 238 g/mol. The van der Waals surface area contributed by atoms with Crippen molar-refractivity contribution < 1.29 is 0 Å². The number of hydrogen-bond donors (Lipinski definition) is 1. The van der Waals surface area contributed by atoms with Crippen LogP contribution in [0.25, 0.3) is 0 Å². The average Bonchev–Trinajstić information content (AvgIpc) is 2.77. The standard InChI is InChI=1S/C11H14N2S2/c1-8(5-10-3-4-15-7-10)13-9(2)6-12-11(13)14/h3-4,6-8H,5H2,1-2H3,(H,12,14). The molecule has 0 aliphatic heterocycles. The van der Waals surface area contributed by atoms with Crippen molar-refractivity contribution in [3.63, 3.8) is 0 Å². The van der Waals surface area contributed by atoms with E-state index in [0.29, 0.717) is 6.04 Å². The van der Waals surface area contributed by atoms with E-state index in [1.165, 1.54) is 11.3 Å². The highest BCUT2D eigenvalue weighted by atomic mass is 32.1. The Labute approximate surface area is 98.6 Å². The number of imidazole rings is 1. The van der Waals surface area contributed by atoms with Crippen molar-refractivity contribution in [1.82, 2.24) is 9.55 Å². The van der Waals surface area contributed by atoms with Crippen molar-refractivity contribution in [1.29, 1.82) is 0 Å². The first-order chi connectivity index (χ1) is 7.18. The molecule has 2 nitrogen and oxygen atoms in total. The first-order valence-corrected chi connectivity index (χ1v) is 6.31. The van der Waals surface area contributed by atoms with E-state index in [9.17, 15) is 0 Å². The maximum atomic E-state index is 5.25. The van der Waals surface area contributed by atoms with Crippen LogP contribution in [0.4, 0.5) is 0 Å². The lowest BCUT2D eigenvalue weighted by atomic mass is 10.1. The number of nitrogens with zero attached hydrogens (tertiary/aromatic N) is 1. The van der Waals surface area contributed by atoms with Crippen molar-refractivity contribution >= 4 is 23.6 Å². The van der Waals surface area contributed by atoms with Gasteiger partial charge in [0, 0.05) is 17.9 Å². The quantitative estimate of drug-likeness (QED) is 0.808. The molecule has 0 saturated carbocycles. The molecule has 1 atom stereocenters. The van der Waals surface area contributed by atoms with Gasteiger partial charge in [0.25, 0.3) is 0 Å². The number of H-pyrrole nitrogens is 1. The van der Waals surface area contributed by atoms with E-state index >= 15 is 0 Å². The van der Waals surface area contributed by atoms with E-state index < -0.39 is 0 Å². The molecule has 0 aliphatic rings. The van der Waals surface area contributed by atoms with Crippen LogP contribution in [0.15, 0.2) is 23.0 Å². The minimum absolute atomic E-state index is 0.415. The normalized spacial score (nSPS) is 12.9. The molecule has 0 bridgehead atoms. The Hall–Kier alpha value is -0.870. The predicted octanol–water partition coefficient (Wildman–Crippen LogP) is 3.72. The zero-order valence-corrected chi connectivity index (χ0v) is 10.5. The predicted molar refractivity (Wildman–Crippen MR) is 67.1 cm³/mol. The van der Waals surface area contributed by atoms with Crippen LogP contribution in [0.2, 0.25) is 0 Å². The Morgan fingerprint density at radius 1 is 1.60 bits per heavy atom. The van der Waals surface area contributed by atoms with Crippen LogP contribution >= 0.6 is 23.6 Å². The number of rotatable bonds is 3. The minimum atomic E-state index is 0.415. The maximum Gasteiger partial charge on any atom is 0.177 e. The molecule has 0 fully saturated rings. The van der Waals surface area contributed by atoms with Gasteiger partial charge >= 0.3 is 0 Å². The SMILES string of the molecule is Cc1c[nH]c(=S)n1C(C)Cc1ccsc1. The minimum Gasteiger partial charge on any atom is -0.337 e. The zero-order valence-electron chi connectivity index (χ0n) is 8.86. The van der Waals surface area contributed by atoms with Gasteiger partial charge in [0.2, 0.25) is 0 Å². The Kier molecular flexibility index (Phi) is 3.07. The summed E-state index contributed by atoms with van der Waals surface area (Å²) in [5.41, 5.74) is 2.58. The molecule has 2 heterocycles. The summed E-state index contributed by atoms with van der Waals surface area (Å²) in [6.45, 7) is 4.28. The Morgan fingerprint density at radius 2 is 2.40 bits per heavy atom. The van der Waals surface area contributed by atoms with Crippen molar-refractivity contribution in [2.75, 3.05) is 0 Å². The summed E-state index contributed by atoms with van der Waals surface area (Å²) in [7, 11) is 0. The largest absolute Gasteiger partial charge is 0.337 e. The number of thiophene rings is 1. The van der Waals surface area contributed by atoms with E-state index in [-0.39, 0.29) is 0 Å². The van der Waals surface area contributed by atoms with Crippen molar-refractivity contribution in [3.05, 3.63) is 39.1 Å². The van der Waals surface area contributed by atoms with Gasteiger partial charge in [0.1, 0.15) is 0 Å². The van der Waals surface area contributed by atoms with Crippen LogP contribution in [-0.4, -0.2) is 9.55 Å². The first kappa shape index (κ1) is 10.6. The molecule has 2 rings (SSSR count). The fraction of sp³-hybridized carbons (Fsp3) is 0.364. The number of aryl methyl sites for hydroxylation is 1. The summed E-state index contributed by atoms with van der Waals surface area (Å²) in [6, 6.07) is 2.59. The van der Waals surface area contributed by atoms with Crippen LogP contribution in [-0.2, 0) is 6.42 Å². The summed E-state index contributed by atoms with van der Waals surface area (Å²) in [6.07, 6.45) is 3.00. The van der Waals surface area contributed by atoms with Gasteiger partial charge in [0.05, 0.1) is 0 Å². The number of aromatic nitrogens is 2. The van der Waals surface area contributed by atoms with E-state index in [2.05, 4.69) is 40.2 Å². The van der Waals surface area contributed by atoms with Crippen molar-refractivity contribution in [3.8, 4) is 0 Å². The molecule has 0 aliphatic carbocycles. The van der Waals surface area contributed by atoms with Gasteiger partial charge in [0.15, 0.2) is 4.77 Å². The lowest BCUT2D eigenvalue weighted by molar-refractivity contribution is 0.528. The number of aromatic amines is 1. The highest BCUT2D eigenvalue weighted by Gasteiger charge is 2.09. The lowest BCUT2D eigenvalue weighted by Gasteiger charge is -2.14. The summed E-state index contributed by atoms with van der Waals surface area (Å²) >= 11 is 7.00. The second-order valence-electron chi connectivity index (χ2n) is 3.79. The van der Waals surface area contributed by atoms with Crippen molar-refractivity contribution in [2.24, 2.45) is 0 Å². The molecular weight excluding hydrogens is 224 g/mol. The smallest absolute Gasteiger partial charge is 0.177 e. The summed E-state index contributed by atoms with van der Waals surface area (Å²) in [4.78, 5) is 3.08. The van der Waals surface area contributed by atoms with Gasteiger partial charge in [-0.1, -0.05) is 0 Å². The maximum absolute atomic E-state index is 5.25. The molecular formula is C11H14N2S2. The van der Waals surface area contributed by atoms with Crippen LogP contribution in [0, 0.1) is 11.7 Å². The van der Waals surface area contributed by atoms with E-state index in [0.717, 1.165) is 11.2 Å². The first-order valence-electron chi connectivity index (χ1n) is 4.96. The van der Waals surface area contributed by atoms with Gasteiger partial charge in [-0.05, 0) is 54.9 Å². The summed E-state index contributed by atoms with van der Waals surface area (Å²) in [5, 5.41) is 4.31. The fourth-order valence-electron chi connectivity index (χ4n) is 1.85. The molecule has 0 amide bonds. The topological polar surface area (TPSA) is 20.7 Å². The third kappa shape index (κ3) is 2.21. The van der Waals surface area contributed by atoms with Gasteiger partial charge in [-0.3, -0.25) is 0 Å². The Bertz CT molecular complexity index is 479. The molecule has 0 radical (unpaired) electrons. The molecule has 4 heteroatoms. The molecule has 0 spiro atoms. The molecule has 15 heavy (non-hydrogen) atoms. The van der Waals surface area contributed by atoms with Crippen LogP contribution in [0.5, 0.6) is 0 Å². The molecule has 0 saturated heterocycles.